The van der Waals surface area contributed by atoms with Gasteiger partial charge in [-0.25, -0.2) is 9.18 Å². The topological polar surface area (TPSA) is 97.1 Å². The number of aromatic nitrogens is 3. The highest BCUT2D eigenvalue weighted by molar-refractivity contribution is 7.99. The lowest BCUT2D eigenvalue weighted by Gasteiger charge is -2.08. The first-order valence-corrected chi connectivity index (χ1v) is 11.6. The van der Waals surface area contributed by atoms with E-state index in [1.165, 1.54) is 36.0 Å². The number of carbonyl (C=O) groups excluding carboxylic acids is 1. The predicted octanol–water partition coefficient (Wildman–Crippen LogP) is 4.30. The Hall–Kier alpha value is -2.85. The fourth-order valence-corrected chi connectivity index (χ4v) is 4.50. The zero-order chi connectivity index (χ0) is 22.2. The molecule has 2 aromatic carbocycles. The van der Waals surface area contributed by atoms with Gasteiger partial charge < -0.3 is 15.0 Å². The number of amides is 1. The SMILES string of the molecule is CCn1c(CSCc2ccc(F)cc2)nnc1SCC(=O)Nc1cccc(C(=O)O)c1. The third kappa shape index (κ3) is 6.56. The number of hydrogen-bond donors (Lipinski definition) is 2. The van der Waals surface area contributed by atoms with E-state index >= 15 is 0 Å². The summed E-state index contributed by atoms with van der Waals surface area (Å²) >= 11 is 2.93. The summed E-state index contributed by atoms with van der Waals surface area (Å²) in [6.07, 6.45) is 0. The maximum absolute atomic E-state index is 13.0. The van der Waals surface area contributed by atoms with Crippen LogP contribution in [0.4, 0.5) is 10.1 Å². The Balaban J connectivity index is 1.52. The molecule has 0 saturated heterocycles. The van der Waals surface area contributed by atoms with Gasteiger partial charge in [0.05, 0.1) is 17.1 Å². The van der Waals surface area contributed by atoms with Crippen LogP contribution >= 0.6 is 23.5 Å². The van der Waals surface area contributed by atoms with Crippen LogP contribution in [-0.2, 0) is 22.8 Å². The Morgan fingerprint density at radius 2 is 1.90 bits per heavy atom. The molecule has 1 amide bonds. The number of aromatic carboxylic acids is 1. The van der Waals surface area contributed by atoms with Gasteiger partial charge in [0.25, 0.3) is 0 Å². The number of carbonyl (C=O) groups is 2. The Morgan fingerprint density at radius 3 is 2.61 bits per heavy atom. The molecular weight excluding hydrogens is 439 g/mol. The van der Waals surface area contributed by atoms with Crippen LogP contribution in [0.25, 0.3) is 0 Å². The third-order valence-electron chi connectivity index (χ3n) is 4.25. The molecule has 0 unspecified atom stereocenters. The summed E-state index contributed by atoms with van der Waals surface area (Å²) < 4.78 is 15.0. The number of halogens is 1. The molecule has 10 heteroatoms. The molecule has 0 aliphatic carbocycles. The molecule has 0 aliphatic rings. The summed E-state index contributed by atoms with van der Waals surface area (Å²) in [6.45, 7) is 2.66. The van der Waals surface area contributed by atoms with Gasteiger partial charge in [-0.3, -0.25) is 4.79 Å². The van der Waals surface area contributed by atoms with Gasteiger partial charge in [-0.15, -0.1) is 22.0 Å². The summed E-state index contributed by atoms with van der Waals surface area (Å²) in [5.41, 5.74) is 1.58. The number of carboxylic acids is 1. The average Bonchev–Trinajstić information content (AvgIpc) is 3.15. The predicted molar refractivity (Wildman–Crippen MR) is 120 cm³/mol. The van der Waals surface area contributed by atoms with Crippen molar-refractivity contribution in [2.75, 3.05) is 11.1 Å². The number of anilines is 1. The van der Waals surface area contributed by atoms with Crippen LogP contribution in [0.15, 0.2) is 53.7 Å². The Labute approximate surface area is 187 Å². The molecular formula is C21H21FN4O3S2. The first-order valence-electron chi connectivity index (χ1n) is 9.46. The molecule has 3 rings (SSSR count). The van der Waals surface area contributed by atoms with Gasteiger partial charge in [-0.2, -0.15) is 0 Å². The fraction of sp³-hybridized carbons (Fsp3) is 0.238. The molecule has 162 valence electrons. The van der Waals surface area contributed by atoms with Crippen molar-refractivity contribution >= 4 is 41.1 Å². The van der Waals surface area contributed by atoms with Crippen molar-refractivity contribution < 1.29 is 19.1 Å². The van der Waals surface area contributed by atoms with Crippen LogP contribution in [0.3, 0.4) is 0 Å². The molecule has 7 nitrogen and oxygen atoms in total. The van der Waals surface area contributed by atoms with Gasteiger partial charge >= 0.3 is 5.97 Å². The largest absolute Gasteiger partial charge is 0.478 e. The molecule has 3 aromatic rings. The lowest BCUT2D eigenvalue weighted by Crippen LogP contribution is -2.15. The molecule has 2 N–H and O–H groups in total. The van der Waals surface area contributed by atoms with E-state index in [1.54, 1.807) is 36.0 Å². The standard InChI is InChI=1S/C21H21FN4O3S2/c1-2-26-18(12-30-11-14-6-8-16(22)9-7-14)24-25-21(26)31-13-19(27)23-17-5-3-4-15(10-17)20(28)29/h3-10H,2,11-13H2,1H3,(H,23,27)(H,28,29). The van der Waals surface area contributed by atoms with Crippen LogP contribution in [0.1, 0.15) is 28.7 Å². The second-order valence-electron chi connectivity index (χ2n) is 6.49. The minimum atomic E-state index is -1.05. The molecule has 0 spiro atoms. The maximum atomic E-state index is 13.0. The van der Waals surface area contributed by atoms with E-state index in [0.717, 1.165) is 17.1 Å². The highest BCUT2D eigenvalue weighted by Gasteiger charge is 2.14. The van der Waals surface area contributed by atoms with Gasteiger partial charge in [-0.05, 0) is 42.8 Å². The highest BCUT2D eigenvalue weighted by Crippen LogP contribution is 2.22. The van der Waals surface area contributed by atoms with Gasteiger partial charge in [0, 0.05) is 18.0 Å². The first kappa shape index (κ1) is 22.8. The summed E-state index contributed by atoms with van der Waals surface area (Å²) in [7, 11) is 0. The van der Waals surface area contributed by atoms with E-state index in [1.807, 2.05) is 11.5 Å². The molecule has 0 aliphatic heterocycles. The minimum Gasteiger partial charge on any atom is -0.478 e. The van der Waals surface area contributed by atoms with Crippen LogP contribution in [0.5, 0.6) is 0 Å². The fourth-order valence-electron chi connectivity index (χ4n) is 2.75. The monoisotopic (exact) mass is 460 g/mol. The van der Waals surface area contributed by atoms with Crippen molar-refractivity contribution in [3.05, 3.63) is 71.3 Å². The van der Waals surface area contributed by atoms with Gasteiger partial charge in [0.1, 0.15) is 11.6 Å². The number of thioether (sulfide) groups is 2. The van der Waals surface area contributed by atoms with Crippen molar-refractivity contribution in [3.8, 4) is 0 Å². The number of rotatable bonds is 10. The zero-order valence-corrected chi connectivity index (χ0v) is 18.4. The van der Waals surface area contributed by atoms with Crippen LogP contribution in [-0.4, -0.2) is 37.5 Å². The van der Waals surface area contributed by atoms with Crippen LogP contribution in [0.2, 0.25) is 0 Å². The van der Waals surface area contributed by atoms with Crippen LogP contribution in [0, 0.1) is 5.82 Å². The molecule has 0 fully saturated rings. The van der Waals surface area contributed by atoms with Crippen molar-refractivity contribution in [3.63, 3.8) is 0 Å². The molecule has 0 atom stereocenters. The Morgan fingerprint density at radius 1 is 1.13 bits per heavy atom. The van der Waals surface area contributed by atoms with E-state index in [-0.39, 0.29) is 23.0 Å². The highest BCUT2D eigenvalue weighted by atomic mass is 32.2. The Bertz CT molecular complexity index is 1060. The second kappa shape index (κ2) is 11.0. The number of hydrogen-bond acceptors (Lipinski definition) is 6. The summed E-state index contributed by atoms with van der Waals surface area (Å²) in [6, 6.07) is 12.5. The summed E-state index contributed by atoms with van der Waals surface area (Å²) in [5.74, 6) is 0.755. The molecule has 0 radical (unpaired) electrons. The van der Waals surface area contributed by atoms with E-state index in [0.29, 0.717) is 23.1 Å². The van der Waals surface area contributed by atoms with Crippen molar-refractivity contribution in [1.82, 2.24) is 14.8 Å². The number of benzene rings is 2. The molecule has 1 heterocycles. The summed E-state index contributed by atoms with van der Waals surface area (Å²) in [4.78, 5) is 23.3. The van der Waals surface area contributed by atoms with Crippen molar-refractivity contribution in [2.24, 2.45) is 0 Å². The van der Waals surface area contributed by atoms with E-state index in [2.05, 4.69) is 15.5 Å². The van der Waals surface area contributed by atoms with Gasteiger partial charge in [-0.1, -0.05) is 30.0 Å². The van der Waals surface area contributed by atoms with Gasteiger partial charge in [0.15, 0.2) is 5.16 Å². The lowest BCUT2D eigenvalue weighted by molar-refractivity contribution is -0.113. The third-order valence-corrected chi connectivity index (χ3v) is 6.22. The minimum absolute atomic E-state index is 0.110. The van der Waals surface area contributed by atoms with E-state index in [9.17, 15) is 14.0 Å². The number of nitrogens with one attached hydrogen (secondary N) is 1. The zero-order valence-electron chi connectivity index (χ0n) is 16.7. The van der Waals surface area contributed by atoms with E-state index in [4.69, 9.17) is 5.11 Å². The normalized spacial score (nSPS) is 10.8. The average molecular weight is 461 g/mol. The molecule has 31 heavy (non-hydrogen) atoms. The Kier molecular flexibility index (Phi) is 8.07. The van der Waals surface area contributed by atoms with Crippen molar-refractivity contribution in [2.45, 2.75) is 30.1 Å². The quantitative estimate of drug-likeness (QED) is 0.435. The van der Waals surface area contributed by atoms with Gasteiger partial charge in [0.2, 0.25) is 5.91 Å². The molecule has 0 bridgehead atoms. The van der Waals surface area contributed by atoms with Crippen molar-refractivity contribution in [1.29, 1.82) is 0 Å². The first-order chi connectivity index (χ1) is 15.0. The number of carboxylic acid groups (broad SMARTS) is 1. The molecule has 1 aromatic heterocycles. The summed E-state index contributed by atoms with van der Waals surface area (Å²) in [5, 5.41) is 20.8. The maximum Gasteiger partial charge on any atom is 0.335 e. The molecule has 0 saturated carbocycles. The van der Waals surface area contributed by atoms with E-state index < -0.39 is 5.97 Å². The smallest absolute Gasteiger partial charge is 0.335 e. The second-order valence-corrected chi connectivity index (χ2v) is 8.41. The lowest BCUT2D eigenvalue weighted by atomic mass is 10.2. The number of nitrogens with zero attached hydrogens (tertiary/aromatic N) is 3. The van der Waals surface area contributed by atoms with Crippen LogP contribution < -0.4 is 5.32 Å².